The maximum Gasteiger partial charge on any atom is 0.410 e. The summed E-state index contributed by atoms with van der Waals surface area (Å²) in [5, 5.41) is 11.6. The number of piperazine rings is 1. The molecule has 6 N–H and O–H groups in total. The van der Waals surface area contributed by atoms with Crippen LogP contribution in [0.1, 0.15) is 70.1 Å². The van der Waals surface area contributed by atoms with E-state index in [0.717, 1.165) is 70.0 Å². The number of hydrogen-bond acceptors (Lipinski definition) is 14. The predicted octanol–water partition coefficient (Wildman–Crippen LogP) is 4.04. The highest BCUT2D eigenvalue weighted by Gasteiger charge is 2.28. The van der Waals surface area contributed by atoms with Crippen molar-refractivity contribution in [2.75, 3.05) is 76.0 Å². The number of unbranched alkanes of at least 4 members (excludes halogenated alkanes) is 2. The molecule has 1 unspecified atom stereocenters. The Labute approximate surface area is 402 Å². The number of hydrogen-bond donors (Lipinski definition) is 5. The first-order valence-corrected chi connectivity index (χ1v) is 23.5. The number of benzene rings is 2. The Morgan fingerprint density at radius 1 is 0.841 bits per heavy atom. The van der Waals surface area contributed by atoms with Crippen LogP contribution in [0.2, 0.25) is 0 Å². The van der Waals surface area contributed by atoms with Gasteiger partial charge in [0, 0.05) is 75.3 Å². The van der Waals surface area contributed by atoms with Gasteiger partial charge in [0.25, 0.3) is 11.8 Å². The van der Waals surface area contributed by atoms with E-state index in [1.165, 1.54) is 19.1 Å². The van der Waals surface area contributed by atoms with E-state index in [-0.39, 0.29) is 44.7 Å². The molecule has 0 aliphatic carbocycles. The Balaban J connectivity index is 0.892. The van der Waals surface area contributed by atoms with Crippen LogP contribution in [0.3, 0.4) is 0 Å². The molecule has 0 radical (unpaired) electrons. The first kappa shape index (κ1) is 51.3. The SMILES string of the molecule is CCCCCNc1nc(N)nc2ccn(Cc3ccc(CN4CCN(C(=O)OCc5ccc(NC(=O)[C@H](C)NC(=O)C(NC(=O)CCOCCN6C(=O)C=CC6=O)C(C)C)cc5)CC4)cc3OC)c12. The van der Waals surface area contributed by atoms with Crippen molar-refractivity contribution >= 4 is 64.1 Å². The normalized spacial score (nSPS) is 14.8. The minimum atomic E-state index is -0.926. The third kappa shape index (κ3) is 14.5. The maximum atomic E-state index is 13.1. The molecule has 2 atom stereocenters. The topological polar surface area (TPSA) is 245 Å². The number of nitrogens with zero attached hydrogens (tertiary/aromatic N) is 6. The minimum Gasteiger partial charge on any atom is -0.496 e. The fourth-order valence-corrected chi connectivity index (χ4v) is 7.90. The van der Waals surface area contributed by atoms with E-state index in [2.05, 4.69) is 65.8 Å². The van der Waals surface area contributed by atoms with Gasteiger partial charge in [0.2, 0.25) is 23.7 Å². The van der Waals surface area contributed by atoms with Crippen LogP contribution in [0.25, 0.3) is 11.0 Å². The number of nitrogens with one attached hydrogen (secondary N) is 4. The number of nitrogen functional groups attached to an aromatic ring is 1. The van der Waals surface area contributed by atoms with Gasteiger partial charge in [-0.3, -0.25) is 33.8 Å². The number of aromatic nitrogens is 3. The molecule has 1 fully saturated rings. The highest BCUT2D eigenvalue weighted by molar-refractivity contribution is 6.12. The molecule has 4 aromatic rings. The zero-order valence-electron chi connectivity index (χ0n) is 40.1. The van der Waals surface area contributed by atoms with E-state index in [1.54, 1.807) is 50.1 Å². The quantitative estimate of drug-likeness (QED) is 0.0492. The lowest BCUT2D eigenvalue weighted by Gasteiger charge is -2.34. The predicted molar refractivity (Wildman–Crippen MR) is 260 cm³/mol. The van der Waals surface area contributed by atoms with E-state index < -0.39 is 47.7 Å². The highest BCUT2D eigenvalue weighted by atomic mass is 16.6. The molecular weight excluding hydrogens is 887 g/mol. The molecular formula is C49H65N11O9. The third-order valence-corrected chi connectivity index (χ3v) is 11.9. The van der Waals surface area contributed by atoms with Gasteiger partial charge in [-0.25, -0.2) is 9.78 Å². The zero-order chi connectivity index (χ0) is 49.5. The minimum absolute atomic E-state index is 0.0246. The number of carbonyl (C=O) groups is 6. The molecule has 6 amide bonds. The van der Waals surface area contributed by atoms with Gasteiger partial charge in [-0.05, 0) is 54.7 Å². The van der Waals surface area contributed by atoms with Gasteiger partial charge in [0.15, 0.2) is 5.82 Å². The van der Waals surface area contributed by atoms with Gasteiger partial charge in [0.05, 0.1) is 38.9 Å². The smallest absolute Gasteiger partial charge is 0.410 e. The van der Waals surface area contributed by atoms with Crippen LogP contribution < -0.4 is 31.7 Å². The number of carbonyl (C=O) groups excluding carboxylic acids is 6. The summed E-state index contributed by atoms with van der Waals surface area (Å²) in [7, 11) is 1.68. The summed E-state index contributed by atoms with van der Waals surface area (Å²) in [5.74, 6) is -0.777. The summed E-state index contributed by atoms with van der Waals surface area (Å²) in [6.45, 7) is 11.9. The van der Waals surface area contributed by atoms with Gasteiger partial charge >= 0.3 is 6.09 Å². The summed E-state index contributed by atoms with van der Waals surface area (Å²) in [5.41, 5.74) is 11.0. The van der Waals surface area contributed by atoms with Crippen LogP contribution >= 0.6 is 0 Å². The number of amides is 6. The largest absolute Gasteiger partial charge is 0.496 e. The van der Waals surface area contributed by atoms with Crippen LogP contribution in [0.5, 0.6) is 5.75 Å². The molecule has 370 valence electrons. The van der Waals surface area contributed by atoms with Crippen molar-refractivity contribution in [2.45, 2.75) is 85.2 Å². The molecule has 20 nitrogen and oxygen atoms in total. The molecule has 2 aliphatic heterocycles. The molecule has 0 spiro atoms. The first-order valence-electron chi connectivity index (χ1n) is 23.5. The van der Waals surface area contributed by atoms with E-state index in [1.807, 2.05) is 12.3 Å². The number of ether oxygens (including phenoxy) is 3. The molecule has 20 heteroatoms. The molecule has 2 aliphatic rings. The van der Waals surface area contributed by atoms with E-state index >= 15 is 0 Å². The van der Waals surface area contributed by atoms with Crippen LogP contribution in [0.15, 0.2) is 66.9 Å². The van der Waals surface area contributed by atoms with Crippen LogP contribution in [0.4, 0.5) is 22.2 Å². The standard InChI is InChI=1S/C49H65N11O9/c1-6-7-8-19-51-45-44-38(54-48(50)56-45)17-20-59(44)30-36-12-9-35(28-39(36)67-5)29-57-21-23-58(24-22-57)49(66)69-31-34-10-13-37(14-11-34)53-46(64)33(4)52-47(65)43(32(2)3)55-40(61)18-26-68-27-25-60-41(62)15-16-42(60)63/h9-17,20,28,32-33,43H,6-8,18-19,21-27,29-31H2,1-5H3,(H,52,65)(H,53,64)(H,55,61)(H3,50,51,54,56)/t33-,43?/m0/s1. The van der Waals surface area contributed by atoms with Crippen molar-refractivity contribution in [1.82, 2.24) is 39.9 Å². The molecule has 69 heavy (non-hydrogen) atoms. The van der Waals surface area contributed by atoms with Crippen molar-refractivity contribution in [3.8, 4) is 5.75 Å². The van der Waals surface area contributed by atoms with Crippen molar-refractivity contribution < 1.29 is 43.0 Å². The first-order chi connectivity index (χ1) is 33.2. The summed E-state index contributed by atoms with van der Waals surface area (Å²) >= 11 is 0. The number of fused-ring (bicyclic) bond motifs is 1. The number of methoxy groups -OCH3 is 1. The molecule has 0 bridgehead atoms. The van der Waals surface area contributed by atoms with Crippen molar-refractivity contribution in [3.63, 3.8) is 0 Å². The van der Waals surface area contributed by atoms with Gasteiger partial charge in [0.1, 0.15) is 30.0 Å². The summed E-state index contributed by atoms with van der Waals surface area (Å²) in [6, 6.07) is 13.2. The molecule has 4 heterocycles. The Bertz CT molecular complexity index is 2450. The van der Waals surface area contributed by atoms with Crippen molar-refractivity contribution in [2.24, 2.45) is 5.92 Å². The summed E-state index contributed by atoms with van der Waals surface area (Å²) < 4.78 is 19.0. The van der Waals surface area contributed by atoms with Crippen molar-refractivity contribution in [1.29, 1.82) is 0 Å². The fraction of sp³-hybridized carbons (Fsp3) is 0.469. The monoisotopic (exact) mass is 951 g/mol. The second-order valence-electron chi connectivity index (χ2n) is 17.4. The molecule has 0 saturated carbocycles. The zero-order valence-corrected chi connectivity index (χ0v) is 40.1. The number of anilines is 3. The number of nitrogens with two attached hydrogens (primary N) is 1. The van der Waals surface area contributed by atoms with Crippen LogP contribution in [-0.4, -0.2) is 137 Å². The second-order valence-corrected chi connectivity index (χ2v) is 17.4. The third-order valence-electron chi connectivity index (χ3n) is 11.9. The summed E-state index contributed by atoms with van der Waals surface area (Å²) in [4.78, 5) is 89.1. The average Bonchev–Trinajstić information content (AvgIpc) is 3.89. The van der Waals surface area contributed by atoms with Gasteiger partial charge in [-0.1, -0.05) is 57.9 Å². The van der Waals surface area contributed by atoms with Gasteiger partial charge in [-0.2, -0.15) is 4.98 Å². The highest BCUT2D eigenvalue weighted by Crippen LogP contribution is 2.28. The van der Waals surface area contributed by atoms with Crippen LogP contribution in [0, 0.1) is 5.92 Å². The number of rotatable bonds is 24. The lowest BCUT2D eigenvalue weighted by atomic mass is 10.0. The van der Waals surface area contributed by atoms with E-state index in [0.29, 0.717) is 45.0 Å². The Morgan fingerprint density at radius 2 is 1.57 bits per heavy atom. The maximum absolute atomic E-state index is 13.1. The Kier molecular flexibility index (Phi) is 18.5. The van der Waals surface area contributed by atoms with Gasteiger partial charge < -0.3 is 50.7 Å². The molecule has 2 aromatic carbocycles. The number of imide groups is 1. The molecule has 6 rings (SSSR count). The second kappa shape index (κ2) is 24.8. The Hall–Kier alpha value is -7.06. The fourth-order valence-electron chi connectivity index (χ4n) is 7.90. The van der Waals surface area contributed by atoms with E-state index in [4.69, 9.17) is 19.9 Å². The van der Waals surface area contributed by atoms with Crippen LogP contribution in [-0.2, 0) is 53.1 Å². The average molecular weight is 952 g/mol. The Morgan fingerprint density at radius 3 is 2.26 bits per heavy atom. The molecule has 1 saturated heterocycles. The lowest BCUT2D eigenvalue weighted by Crippen LogP contribution is -2.53. The van der Waals surface area contributed by atoms with Crippen molar-refractivity contribution in [3.05, 3.63) is 83.6 Å². The lowest BCUT2D eigenvalue weighted by molar-refractivity contribution is -0.138. The van der Waals surface area contributed by atoms with E-state index in [9.17, 15) is 28.8 Å². The summed E-state index contributed by atoms with van der Waals surface area (Å²) in [6.07, 6.45) is 7.22. The molecule has 2 aromatic heterocycles. The van der Waals surface area contributed by atoms with Gasteiger partial charge in [-0.15, -0.1) is 0 Å².